The van der Waals surface area contributed by atoms with Gasteiger partial charge in [0.25, 0.3) is 0 Å². The molecule has 1 aromatic rings. The molecule has 0 saturated heterocycles. The van der Waals surface area contributed by atoms with Gasteiger partial charge in [0.2, 0.25) is 11.8 Å². The first kappa shape index (κ1) is 13.2. The van der Waals surface area contributed by atoms with E-state index in [0.29, 0.717) is 6.42 Å². The largest absolute Gasteiger partial charge is 0.347 e. The van der Waals surface area contributed by atoms with E-state index in [-0.39, 0.29) is 18.4 Å². The summed E-state index contributed by atoms with van der Waals surface area (Å²) in [6.45, 7) is 5.71. The Morgan fingerprint density at radius 1 is 1.06 bits per heavy atom. The van der Waals surface area contributed by atoms with E-state index >= 15 is 0 Å². The molecule has 0 aliphatic carbocycles. The van der Waals surface area contributed by atoms with Crippen LogP contribution in [0.3, 0.4) is 0 Å². The second-order valence-corrected chi connectivity index (χ2v) is 4.05. The van der Waals surface area contributed by atoms with Crippen LogP contribution in [-0.2, 0) is 9.59 Å². The molecule has 0 aromatic heterocycles. The minimum atomic E-state index is -0.211. The number of aryl methyl sites for hydroxylation is 2. The fourth-order valence-corrected chi connectivity index (χ4v) is 1.56. The number of amides is 2. The van der Waals surface area contributed by atoms with Crippen LogP contribution in [0, 0.1) is 13.8 Å². The van der Waals surface area contributed by atoms with Crippen LogP contribution in [0.15, 0.2) is 18.2 Å². The van der Waals surface area contributed by atoms with Gasteiger partial charge >= 0.3 is 0 Å². The molecule has 0 heterocycles. The molecule has 0 spiro atoms. The lowest BCUT2D eigenvalue weighted by Crippen LogP contribution is -2.32. The normalized spacial score (nSPS) is 9.82. The number of carbonyl (C=O) groups is 2. The standard InChI is InChI=1S/C13H18N2O2/c1-4-12(16)14-8-13(17)15-11-6-9(2)5-10(3)7-11/h5-7H,4,8H2,1-3H3,(H,14,16)(H,15,17). The van der Waals surface area contributed by atoms with Gasteiger partial charge in [-0.2, -0.15) is 0 Å². The highest BCUT2D eigenvalue weighted by atomic mass is 16.2. The van der Waals surface area contributed by atoms with Crippen molar-refractivity contribution >= 4 is 17.5 Å². The zero-order chi connectivity index (χ0) is 12.8. The number of rotatable bonds is 4. The van der Waals surface area contributed by atoms with Crippen molar-refractivity contribution in [2.24, 2.45) is 0 Å². The summed E-state index contributed by atoms with van der Waals surface area (Å²) >= 11 is 0. The van der Waals surface area contributed by atoms with Gasteiger partial charge in [-0.1, -0.05) is 13.0 Å². The van der Waals surface area contributed by atoms with Crippen molar-refractivity contribution in [3.8, 4) is 0 Å². The zero-order valence-electron chi connectivity index (χ0n) is 10.5. The molecule has 0 unspecified atom stereocenters. The van der Waals surface area contributed by atoms with Crippen molar-refractivity contribution in [3.63, 3.8) is 0 Å². The highest BCUT2D eigenvalue weighted by Gasteiger charge is 2.04. The van der Waals surface area contributed by atoms with Gasteiger partial charge in [0.1, 0.15) is 0 Å². The molecule has 0 atom stereocenters. The predicted octanol–water partition coefficient (Wildman–Crippen LogP) is 1.77. The van der Waals surface area contributed by atoms with Gasteiger partial charge in [0.05, 0.1) is 6.54 Å². The highest BCUT2D eigenvalue weighted by Crippen LogP contribution is 2.13. The summed E-state index contributed by atoms with van der Waals surface area (Å²) in [7, 11) is 0. The Bertz CT molecular complexity index is 407. The molecule has 2 amide bonds. The minimum absolute atomic E-state index is 0.0136. The van der Waals surface area contributed by atoms with Crippen LogP contribution in [-0.4, -0.2) is 18.4 Å². The number of benzene rings is 1. The van der Waals surface area contributed by atoms with E-state index in [9.17, 15) is 9.59 Å². The molecule has 4 nitrogen and oxygen atoms in total. The van der Waals surface area contributed by atoms with E-state index in [1.54, 1.807) is 6.92 Å². The highest BCUT2D eigenvalue weighted by molar-refractivity contribution is 5.94. The predicted molar refractivity (Wildman–Crippen MR) is 67.8 cm³/mol. The molecular weight excluding hydrogens is 216 g/mol. The van der Waals surface area contributed by atoms with Crippen molar-refractivity contribution in [1.82, 2.24) is 5.32 Å². The monoisotopic (exact) mass is 234 g/mol. The van der Waals surface area contributed by atoms with Crippen molar-refractivity contribution in [1.29, 1.82) is 0 Å². The third kappa shape index (κ3) is 4.68. The van der Waals surface area contributed by atoms with Crippen LogP contribution < -0.4 is 10.6 Å². The van der Waals surface area contributed by atoms with Gasteiger partial charge in [0, 0.05) is 12.1 Å². The number of anilines is 1. The van der Waals surface area contributed by atoms with E-state index in [0.717, 1.165) is 16.8 Å². The van der Waals surface area contributed by atoms with Gasteiger partial charge in [0.15, 0.2) is 0 Å². The SMILES string of the molecule is CCC(=O)NCC(=O)Nc1cc(C)cc(C)c1. The van der Waals surface area contributed by atoms with E-state index in [4.69, 9.17) is 0 Å². The average molecular weight is 234 g/mol. The maximum Gasteiger partial charge on any atom is 0.243 e. The lowest BCUT2D eigenvalue weighted by atomic mass is 10.1. The Morgan fingerprint density at radius 2 is 1.65 bits per heavy atom. The van der Waals surface area contributed by atoms with Crippen molar-refractivity contribution in [3.05, 3.63) is 29.3 Å². The van der Waals surface area contributed by atoms with Crippen molar-refractivity contribution in [2.75, 3.05) is 11.9 Å². The first-order valence-electron chi connectivity index (χ1n) is 5.66. The molecule has 0 aliphatic heterocycles. The minimum Gasteiger partial charge on any atom is -0.347 e. The molecule has 1 rings (SSSR count). The van der Waals surface area contributed by atoms with E-state index < -0.39 is 0 Å². The smallest absolute Gasteiger partial charge is 0.243 e. The molecule has 4 heteroatoms. The lowest BCUT2D eigenvalue weighted by Gasteiger charge is -2.08. The molecule has 0 aliphatic rings. The molecule has 17 heavy (non-hydrogen) atoms. The summed E-state index contributed by atoms with van der Waals surface area (Å²) in [5.41, 5.74) is 2.95. The Hall–Kier alpha value is -1.84. The second-order valence-electron chi connectivity index (χ2n) is 4.05. The third-order valence-corrected chi connectivity index (χ3v) is 2.27. The summed E-state index contributed by atoms with van der Waals surface area (Å²) in [4.78, 5) is 22.5. The first-order chi connectivity index (χ1) is 8.01. The number of nitrogens with one attached hydrogen (secondary N) is 2. The van der Waals surface area contributed by atoms with Crippen LogP contribution in [0.4, 0.5) is 5.69 Å². The summed E-state index contributed by atoms with van der Waals surface area (Å²) in [5.74, 6) is -0.336. The van der Waals surface area contributed by atoms with E-state index in [2.05, 4.69) is 10.6 Å². The summed E-state index contributed by atoms with van der Waals surface area (Å²) in [6, 6.07) is 5.83. The molecule has 0 fully saturated rings. The molecule has 92 valence electrons. The molecule has 0 radical (unpaired) electrons. The first-order valence-corrected chi connectivity index (χ1v) is 5.66. The summed E-state index contributed by atoms with van der Waals surface area (Å²) in [5, 5.41) is 5.28. The molecule has 2 N–H and O–H groups in total. The Morgan fingerprint density at radius 3 is 2.18 bits per heavy atom. The van der Waals surface area contributed by atoms with Crippen LogP contribution >= 0.6 is 0 Å². The van der Waals surface area contributed by atoms with Gasteiger partial charge in [-0.05, 0) is 37.1 Å². The van der Waals surface area contributed by atoms with Gasteiger partial charge < -0.3 is 10.6 Å². The molecule has 1 aromatic carbocycles. The second kappa shape index (κ2) is 6.03. The van der Waals surface area contributed by atoms with Crippen molar-refractivity contribution < 1.29 is 9.59 Å². The van der Waals surface area contributed by atoms with E-state index in [1.807, 2.05) is 32.0 Å². The van der Waals surface area contributed by atoms with Crippen LogP contribution in [0.5, 0.6) is 0 Å². The van der Waals surface area contributed by atoms with Gasteiger partial charge in [-0.25, -0.2) is 0 Å². The Labute approximate surface area is 101 Å². The maximum atomic E-state index is 11.5. The molecular formula is C13H18N2O2. The van der Waals surface area contributed by atoms with Crippen LogP contribution in [0.2, 0.25) is 0 Å². The van der Waals surface area contributed by atoms with Crippen LogP contribution in [0.1, 0.15) is 24.5 Å². The van der Waals surface area contributed by atoms with Gasteiger partial charge in [-0.3, -0.25) is 9.59 Å². The maximum absolute atomic E-state index is 11.5. The Balaban J connectivity index is 2.53. The summed E-state index contributed by atoms with van der Waals surface area (Å²) in [6.07, 6.45) is 0.386. The zero-order valence-corrected chi connectivity index (χ0v) is 10.5. The lowest BCUT2D eigenvalue weighted by molar-refractivity contribution is -0.123. The average Bonchev–Trinajstić information content (AvgIpc) is 2.24. The fourth-order valence-electron chi connectivity index (χ4n) is 1.56. The van der Waals surface area contributed by atoms with E-state index in [1.165, 1.54) is 0 Å². The quantitative estimate of drug-likeness (QED) is 0.834. The topological polar surface area (TPSA) is 58.2 Å². The van der Waals surface area contributed by atoms with Gasteiger partial charge in [-0.15, -0.1) is 0 Å². The fraction of sp³-hybridized carbons (Fsp3) is 0.385. The summed E-state index contributed by atoms with van der Waals surface area (Å²) < 4.78 is 0. The third-order valence-electron chi connectivity index (χ3n) is 2.27. The van der Waals surface area contributed by atoms with Crippen molar-refractivity contribution in [2.45, 2.75) is 27.2 Å². The molecule has 0 saturated carbocycles. The number of hydrogen-bond donors (Lipinski definition) is 2. The van der Waals surface area contributed by atoms with Crippen LogP contribution in [0.25, 0.3) is 0 Å². The number of hydrogen-bond acceptors (Lipinski definition) is 2. The number of carbonyl (C=O) groups excluding carboxylic acids is 2. The Kier molecular flexibility index (Phi) is 4.69. The molecule has 0 bridgehead atoms.